The van der Waals surface area contributed by atoms with Gasteiger partial charge in [0.1, 0.15) is 5.82 Å². The van der Waals surface area contributed by atoms with E-state index in [1.165, 1.54) is 6.92 Å². The zero-order valence-corrected chi connectivity index (χ0v) is 7.37. The maximum atomic E-state index is 10.5. The molecule has 0 aliphatic heterocycles. The molecule has 0 atom stereocenters. The van der Waals surface area contributed by atoms with Gasteiger partial charge in [-0.25, -0.2) is 4.98 Å². The molecular weight excluding hydrogens is 154 g/mol. The van der Waals surface area contributed by atoms with Crippen LogP contribution in [0, 0.1) is 0 Å². The summed E-state index contributed by atoms with van der Waals surface area (Å²) >= 11 is 0. The van der Waals surface area contributed by atoms with Gasteiger partial charge in [-0.1, -0.05) is 0 Å². The van der Waals surface area contributed by atoms with Crippen LogP contribution in [0.5, 0.6) is 0 Å². The normalized spacial score (nSPS) is 9.83. The van der Waals surface area contributed by atoms with E-state index in [2.05, 4.69) is 10.3 Å². The smallest absolute Gasteiger partial charge is 0.216 e. The Morgan fingerprint density at radius 2 is 2.50 bits per heavy atom. The van der Waals surface area contributed by atoms with Crippen molar-refractivity contribution < 1.29 is 4.79 Å². The first kappa shape index (κ1) is 8.77. The minimum Gasteiger partial charge on any atom is -0.356 e. The van der Waals surface area contributed by atoms with Crippen LogP contribution in [0.1, 0.15) is 12.7 Å². The predicted molar refractivity (Wildman–Crippen MR) is 45.6 cm³/mol. The Bertz CT molecular complexity index is 267. The Morgan fingerprint density at radius 3 is 3.00 bits per heavy atom. The van der Waals surface area contributed by atoms with E-state index in [9.17, 15) is 4.79 Å². The van der Waals surface area contributed by atoms with Crippen molar-refractivity contribution in [2.45, 2.75) is 13.3 Å². The van der Waals surface area contributed by atoms with Gasteiger partial charge < -0.3 is 9.88 Å². The van der Waals surface area contributed by atoms with E-state index in [4.69, 9.17) is 0 Å². The van der Waals surface area contributed by atoms with Gasteiger partial charge in [-0.2, -0.15) is 0 Å². The van der Waals surface area contributed by atoms with Crippen molar-refractivity contribution in [3.63, 3.8) is 0 Å². The van der Waals surface area contributed by atoms with Crippen molar-refractivity contribution in [2.24, 2.45) is 7.05 Å². The standard InChI is InChI=1S/C8H13N3O/c1-7(12)9-4-3-8-10-5-6-11(8)2/h5-6H,3-4H2,1-2H3,(H,9,12). The number of carbonyl (C=O) groups is 1. The average molecular weight is 167 g/mol. The Labute approximate surface area is 71.6 Å². The number of nitrogens with zero attached hydrogens (tertiary/aromatic N) is 2. The molecule has 0 radical (unpaired) electrons. The Hall–Kier alpha value is -1.32. The zero-order chi connectivity index (χ0) is 8.97. The monoisotopic (exact) mass is 167 g/mol. The first-order valence-electron chi connectivity index (χ1n) is 3.91. The zero-order valence-electron chi connectivity index (χ0n) is 7.37. The summed E-state index contributed by atoms with van der Waals surface area (Å²) in [5.74, 6) is 0.993. The summed E-state index contributed by atoms with van der Waals surface area (Å²) in [4.78, 5) is 14.6. The van der Waals surface area contributed by atoms with Gasteiger partial charge >= 0.3 is 0 Å². The molecular formula is C8H13N3O. The molecule has 0 aliphatic rings. The Balaban J connectivity index is 2.33. The quantitative estimate of drug-likeness (QED) is 0.694. The molecule has 0 bridgehead atoms. The molecule has 12 heavy (non-hydrogen) atoms. The molecule has 4 nitrogen and oxygen atoms in total. The number of carbonyl (C=O) groups excluding carboxylic acids is 1. The van der Waals surface area contributed by atoms with Crippen LogP contribution in [0.25, 0.3) is 0 Å². The fourth-order valence-corrected chi connectivity index (χ4v) is 0.988. The van der Waals surface area contributed by atoms with Crippen molar-refractivity contribution in [2.75, 3.05) is 6.54 Å². The Morgan fingerprint density at radius 1 is 1.75 bits per heavy atom. The van der Waals surface area contributed by atoms with Gasteiger partial charge in [0.15, 0.2) is 0 Å². The number of hydrogen-bond acceptors (Lipinski definition) is 2. The van der Waals surface area contributed by atoms with E-state index in [0.29, 0.717) is 6.54 Å². The summed E-state index contributed by atoms with van der Waals surface area (Å²) in [6.07, 6.45) is 4.43. The van der Waals surface area contributed by atoms with Gasteiger partial charge in [0.05, 0.1) is 0 Å². The van der Waals surface area contributed by atoms with Crippen LogP contribution in [-0.2, 0) is 18.3 Å². The number of hydrogen-bond donors (Lipinski definition) is 1. The van der Waals surface area contributed by atoms with E-state index in [1.54, 1.807) is 6.20 Å². The van der Waals surface area contributed by atoms with E-state index in [0.717, 1.165) is 12.2 Å². The molecule has 0 aromatic carbocycles. The lowest BCUT2D eigenvalue weighted by molar-refractivity contribution is -0.118. The maximum absolute atomic E-state index is 10.5. The lowest BCUT2D eigenvalue weighted by atomic mass is 10.4. The summed E-state index contributed by atoms with van der Waals surface area (Å²) in [6, 6.07) is 0. The van der Waals surface area contributed by atoms with Crippen molar-refractivity contribution in [1.29, 1.82) is 0 Å². The molecule has 0 fully saturated rings. The second-order valence-corrected chi connectivity index (χ2v) is 2.69. The summed E-state index contributed by atoms with van der Waals surface area (Å²) in [6.45, 7) is 2.17. The number of aromatic nitrogens is 2. The number of imidazole rings is 1. The summed E-state index contributed by atoms with van der Waals surface area (Å²) in [7, 11) is 1.94. The van der Waals surface area contributed by atoms with Crippen LogP contribution >= 0.6 is 0 Å². The van der Waals surface area contributed by atoms with Crippen LogP contribution in [-0.4, -0.2) is 22.0 Å². The van der Waals surface area contributed by atoms with Gasteiger partial charge in [0, 0.05) is 39.3 Å². The molecule has 1 aromatic heterocycles. The van der Waals surface area contributed by atoms with E-state index in [1.807, 2.05) is 17.8 Å². The number of aryl methyl sites for hydroxylation is 1. The summed E-state index contributed by atoms with van der Waals surface area (Å²) in [5, 5.41) is 2.72. The van der Waals surface area contributed by atoms with Crippen LogP contribution in [0.3, 0.4) is 0 Å². The minimum atomic E-state index is 0.00390. The summed E-state index contributed by atoms with van der Waals surface area (Å²) < 4.78 is 1.95. The number of amides is 1. The molecule has 0 saturated carbocycles. The van der Waals surface area contributed by atoms with Gasteiger partial charge in [-0.3, -0.25) is 4.79 Å². The van der Waals surface area contributed by atoms with Crippen molar-refractivity contribution in [3.05, 3.63) is 18.2 Å². The molecule has 0 saturated heterocycles. The highest BCUT2D eigenvalue weighted by molar-refractivity contribution is 5.72. The fraction of sp³-hybridized carbons (Fsp3) is 0.500. The topological polar surface area (TPSA) is 46.9 Å². The highest BCUT2D eigenvalue weighted by Gasteiger charge is 1.98. The third kappa shape index (κ3) is 2.38. The van der Waals surface area contributed by atoms with Gasteiger partial charge in [0.25, 0.3) is 0 Å². The third-order valence-corrected chi connectivity index (χ3v) is 1.64. The minimum absolute atomic E-state index is 0.00390. The van der Waals surface area contributed by atoms with Crippen molar-refractivity contribution >= 4 is 5.91 Å². The molecule has 1 N–H and O–H groups in total. The second kappa shape index (κ2) is 3.90. The number of nitrogens with one attached hydrogen (secondary N) is 1. The molecule has 1 amide bonds. The molecule has 4 heteroatoms. The highest BCUT2D eigenvalue weighted by Crippen LogP contribution is 1.93. The van der Waals surface area contributed by atoms with Crippen LogP contribution in [0.2, 0.25) is 0 Å². The Kier molecular flexibility index (Phi) is 2.85. The molecule has 66 valence electrons. The fourth-order valence-electron chi connectivity index (χ4n) is 0.988. The second-order valence-electron chi connectivity index (χ2n) is 2.69. The number of rotatable bonds is 3. The highest BCUT2D eigenvalue weighted by atomic mass is 16.1. The SMILES string of the molecule is CC(=O)NCCc1nccn1C. The van der Waals surface area contributed by atoms with Crippen molar-refractivity contribution in [1.82, 2.24) is 14.9 Å². The lowest BCUT2D eigenvalue weighted by Gasteiger charge is -2.01. The molecule has 1 heterocycles. The largest absolute Gasteiger partial charge is 0.356 e. The van der Waals surface area contributed by atoms with Gasteiger partial charge in [-0.15, -0.1) is 0 Å². The maximum Gasteiger partial charge on any atom is 0.216 e. The summed E-state index contributed by atoms with van der Waals surface area (Å²) in [5.41, 5.74) is 0. The van der Waals surface area contributed by atoms with E-state index < -0.39 is 0 Å². The van der Waals surface area contributed by atoms with Gasteiger partial charge in [-0.05, 0) is 0 Å². The molecule has 0 spiro atoms. The average Bonchev–Trinajstić information content (AvgIpc) is 2.36. The molecule has 1 rings (SSSR count). The van der Waals surface area contributed by atoms with E-state index >= 15 is 0 Å². The molecule has 0 aliphatic carbocycles. The molecule has 0 unspecified atom stereocenters. The van der Waals surface area contributed by atoms with Crippen LogP contribution in [0.15, 0.2) is 12.4 Å². The predicted octanol–water partition coefficient (Wildman–Crippen LogP) is 0.0987. The van der Waals surface area contributed by atoms with Crippen molar-refractivity contribution in [3.8, 4) is 0 Å². The van der Waals surface area contributed by atoms with Gasteiger partial charge in [0.2, 0.25) is 5.91 Å². The van der Waals surface area contributed by atoms with E-state index in [-0.39, 0.29) is 5.91 Å². The van der Waals surface area contributed by atoms with Crippen LogP contribution < -0.4 is 5.32 Å². The van der Waals surface area contributed by atoms with Crippen LogP contribution in [0.4, 0.5) is 0 Å². The first-order chi connectivity index (χ1) is 5.70. The first-order valence-corrected chi connectivity index (χ1v) is 3.91. The lowest BCUT2D eigenvalue weighted by Crippen LogP contribution is -2.23. The third-order valence-electron chi connectivity index (χ3n) is 1.64. The molecule has 1 aromatic rings.